The largest absolute Gasteiger partial charge is 0.465 e. The van der Waals surface area contributed by atoms with Crippen molar-refractivity contribution in [3.8, 4) is 0 Å². The molecule has 0 fully saturated rings. The van der Waals surface area contributed by atoms with E-state index in [1.807, 2.05) is 0 Å². The second-order valence-electron chi connectivity index (χ2n) is 2.74. The zero-order valence-electron chi connectivity index (χ0n) is 8.88. The van der Waals surface area contributed by atoms with Gasteiger partial charge in [-0.25, -0.2) is 0 Å². The van der Waals surface area contributed by atoms with E-state index in [-0.39, 0.29) is 12.5 Å². The normalized spacial score (nSPS) is 10.1. The summed E-state index contributed by atoms with van der Waals surface area (Å²) in [5, 5.41) is 2.90. The van der Waals surface area contributed by atoms with E-state index >= 15 is 0 Å². The molecule has 0 bridgehead atoms. The number of rotatable bonds is 9. The number of carbonyl (C=O) groups excluding carboxylic acids is 1. The lowest BCUT2D eigenvalue weighted by Crippen LogP contribution is -2.27. The maximum atomic E-state index is 11.0. The Bertz CT molecular complexity index is 127. The van der Waals surface area contributed by atoms with Crippen LogP contribution in [0.4, 0.5) is 0 Å². The molecule has 0 saturated carbocycles. The van der Waals surface area contributed by atoms with Gasteiger partial charge in [0.1, 0.15) is 0 Å². The van der Waals surface area contributed by atoms with Crippen molar-refractivity contribution in [2.24, 2.45) is 0 Å². The van der Waals surface area contributed by atoms with Crippen LogP contribution in [0.15, 0.2) is 0 Å². The van der Waals surface area contributed by atoms with Gasteiger partial charge in [0.2, 0.25) is 0 Å². The van der Waals surface area contributed by atoms with Crippen molar-refractivity contribution in [2.75, 3.05) is 47.1 Å². The molecule has 5 heteroatoms. The van der Waals surface area contributed by atoms with Crippen molar-refractivity contribution in [3.63, 3.8) is 0 Å². The standard InChI is InChI=1S/C9H19NO4/c1-12-5-3-6-14-9(11)8-10-4-7-13-2/h10H,3-8H2,1-2H3. The van der Waals surface area contributed by atoms with Crippen LogP contribution >= 0.6 is 0 Å². The summed E-state index contributed by atoms with van der Waals surface area (Å²) in [6, 6.07) is 0. The molecule has 0 atom stereocenters. The summed E-state index contributed by atoms with van der Waals surface area (Å²) in [5.74, 6) is -0.239. The number of nitrogens with one attached hydrogen (secondary N) is 1. The lowest BCUT2D eigenvalue weighted by Gasteiger charge is -2.05. The SMILES string of the molecule is COCCCOC(=O)CNCCOC. The molecule has 14 heavy (non-hydrogen) atoms. The molecule has 0 aromatic carbocycles. The summed E-state index contributed by atoms with van der Waals surface area (Å²) >= 11 is 0. The second-order valence-corrected chi connectivity index (χ2v) is 2.74. The molecule has 0 aliphatic heterocycles. The summed E-state index contributed by atoms with van der Waals surface area (Å²) in [6.07, 6.45) is 0.736. The van der Waals surface area contributed by atoms with Gasteiger partial charge in [0, 0.05) is 33.8 Å². The van der Waals surface area contributed by atoms with Crippen molar-refractivity contribution in [2.45, 2.75) is 6.42 Å². The van der Waals surface area contributed by atoms with Gasteiger partial charge in [-0.1, -0.05) is 0 Å². The fourth-order valence-electron chi connectivity index (χ4n) is 0.805. The Balaban J connectivity index is 3.11. The van der Waals surface area contributed by atoms with Gasteiger partial charge in [0.25, 0.3) is 0 Å². The third kappa shape index (κ3) is 9.44. The van der Waals surface area contributed by atoms with E-state index in [4.69, 9.17) is 14.2 Å². The summed E-state index contributed by atoms with van der Waals surface area (Å²) in [6.45, 7) is 2.51. The highest BCUT2D eigenvalue weighted by Crippen LogP contribution is 1.84. The molecular weight excluding hydrogens is 186 g/mol. The van der Waals surface area contributed by atoms with Gasteiger partial charge in [-0.05, 0) is 0 Å². The second kappa shape index (κ2) is 10.4. The Kier molecular flexibility index (Phi) is 9.95. The highest BCUT2D eigenvalue weighted by atomic mass is 16.5. The Morgan fingerprint density at radius 3 is 2.50 bits per heavy atom. The average molecular weight is 205 g/mol. The lowest BCUT2D eigenvalue weighted by molar-refractivity contribution is -0.142. The van der Waals surface area contributed by atoms with E-state index in [0.29, 0.717) is 26.4 Å². The monoisotopic (exact) mass is 205 g/mol. The van der Waals surface area contributed by atoms with Crippen LogP contribution < -0.4 is 5.32 Å². The van der Waals surface area contributed by atoms with Crippen molar-refractivity contribution in [3.05, 3.63) is 0 Å². The van der Waals surface area contributed by atoms with Gasteiger partial charge in [-0.3, -0.25) is 4.79 Å². The number of methoxy groups -OCH3 is 2. The molecule has 0 amide bonds. The first kappa shape index (κ1) is 13.4. The van der Waals surface area contributed by atoms with E-state index in [1.165, 1.54) is 0 Å². The molecule has 0 aliphatic rings. The molecule has 0 aromatic heterocycles. The zero-order valence-corrected chi connectivity index (χ0v) is 8.88. The Hall–Kier alpha value is -0.650. The van der Waals surface area contributed by atoms with Crippen LogP contribution in [0.1, 0.15) is 6.42 Å². The minimum absolute atomic E-state index is 0.232. The van der Waals surface area contributed by atoms with Crippen LogP contribution in [0.2, 0.25) is 0 Å². The smallest absolute Gasteiger partial charge is 0.319 e. The van der Waals surface area contributed by atoms with Crippen molar-refractivity contribution in [1.29, 1.82) is 0 Å². The zero-order chi connectivity index (χ0) is 10.6. The van der Waals surface area contributed by atoms with E-state index < -0.39 is 0 Å². The Morgan fingerprint density at radius 1 is 1.14 bits per heavy atom. The molecule has 0 aromatic rings. The van der Waals surface area contributed by atoms with Crippen molar-refractivity contribution in [1.82, 2.24) is 5.32 Å². The predicted octanol–water partition coefficient (Wildman–Crippen LogP) is -0.198. The first-order valence-electron chi connectivity index (χ1n) is 4.65. The van der Waals surface area contributed by atoms with Crippen molar-refractivity contribution >= 4 is 5.97 Å². The van der Waals surface area contributed by atoms with Crippen molar-refractivity contribution < 1.29 is 19.0 Å². The molecule has 0 saturated heterocycles. The molecule has 0 unspecified atom stereocenters. The van der Waals surface area contributed by atoms with Gasteiger partial charge in [-0.2, -0.15) is 0 Å². The number of carbonyl (C=O) groups is 1. The molecule has 0 rings (SSSR count). The Labute approximate surface area is 84.7 Å². The topological polar surface area (TPSA) is 56.8 Å². The predicted molar refractivity (Wildman–Crippen MR) is 52.2 cm³/mol. The average Bonchev–Trinajstić information content (AvgIpc) is 2.19. The fraction of sp³-hybridized carbons (Fsp3) is 0.889. The fourth-order valence-corrected chi connectivity index (χ4v) is 0.805. The minimum Gasteiger partial charge on any atom is -0.465 e. The number of esters is 1. The molecule has 0 spiro atoms. The van der Waals surface area contributed by atoms with Gasteiger partial charge in [0.15, 0.2) is 0 Å². The van der Waals surface area contributed by atoms with Gasteiger partial charge in [-0.15, -0.1) is 0 Å². The molecule has 84 valence electrons. The van der Waals surface area contributed by atoms with Crippen LogP contribution in [0.25, 0.3) is 0 Å². The molecule has 5 nitrogen and oxygen atoms in total. The number of hydrogen-bond acceptors (Lipinski definition) is 5. The first-order chi connectivity index (χ1) is 6.81. The van der Waals surface area contributed by atoms with Crippen LogP contribution in [0.5, 0.6) is 0 Å². The highest BCUT2D eigenvalue weighted by Gasteiger charge is 2.00. The van der Waals surface area contributed by atoms with Crippen LogP contribution in [-0.2, 0) is 19.0 Å². The van der Waals surface area contributed by atoms with Crippen LogP contribution in [0.3, 0.4) is 0 Å². The first-order valence-corrected chi connectivity index (χ1v) is 4.65. The quantitative estimate of drug-likeness (QED) is 0.417. The molecule has 0 radical (unpaired) electrons. The molecule has 1 N–H and O–H groups in total. The molecule has 0 aliphatic carbocycles. The van der Waals surface area contributed by atoms with Crippen LogP contribution in [-0.4, -0.2) is 53.1 Å². The minimum atomic E-state index is -0.239. The summed E-state index contributed by atoms with van der Waals surface area (Å²) in [7, 11) is 3.23. The van der Waals surface area contributed by atoms with E-state index in [2.05, 4.69) is 5.32 Å². The van der Waals surface area contributed by atoms with Gasteiger partial charge in [0.05, 0.1) is 19.8 Å². The highest BCUT2D eigenvalue weighted by molar-refractivity contribution is 5.71. The Morgan fingerprint density at radius 2 is 1.86 bits per heavy atom. The maximum Gasteiger partial charge on any atom is 0.319 e. The summed E-state index contributed by atoms with van der Waals surface area (Å²) in [4.78, 5) is 11.0. The van der Waals surface area contributed by atoms with Gasteiger partial charge >= 0.3 is 5.97 Å². The third-order valence-corrected chi connectivity index (χ3v) is 1.51. The van der Waals surface area contributed by atoms with E-state index in [0.717, 1.165) is 6.42 Å². The third-order valence-electron chi connectivity index (χ3n) is 1.51. The van der Waals surface area contributed by atoms with Gasteiger partial charge < -0.3 is 19.5 Å². The van der Waals surface area contributed by atoms with E-state index in [1.54, 1.807) is 14.2 Å². The maximum absolute atomic E-state index is 11.0. The van der Waals surface area contributed by atoms with E-state index in [9.17, 15) is 4.79 Å². The lowest BCUT2D eigenvalue weighted by atomic mass is 10.5. The van der Waals surface area contributed by atoms with Crippen LogP contribution in [0, 0.1) is 0 Å². The summed E-state index contributed by atoms with van der Waals surface area (Å²) in [5.41, 5.74) is 0. The summed E-state index contributed by atoms with van der Waals surface area (Å²) < 4.78 is 14.5. The number of hydrogen-bond donors (Lipinski definition) is 1. The molecule has 0 heterocycles. The number of ether oxygens (including phenoxy) is 3. The molecular formula is C9H19NO4.